The van der Waals surface area contributed by atoms with Crippen molar-refractivity contribution >= 4 is 27.2 Å². The number of fused-ring (bicyclic) bond motifs is 1. The predicted octanol–water partition coefficient (Wildman–Crippen LogP) is 4.40. The van der Waals surface area contributed by atoms with Gasteiger partial charge in [-0.3, -0.25) is 4.90 Å². The Kier molecular flexibility index (Phi) is 5.55. The second kappa shape index (κ2) is 8.00. The molecular formula is C24H28N2O3S. The van der Waals surface area contributed by atoms with Crippen molar-refractivity contribution in [2.24, 2.45) is 11.8 Å². The summed E-state index contributed by atoms with van der Waals surface area (Å²) >= 11 is 0. The summed E-state index contributed by atoms with van der Waals surface area (Å²) in [7, 11) is -1.67. The van der Waals surface area contributed by atoms with Crippen molar-refractivity contribution in [1.82, 2.24) is 8.87 Å². The second-order valence-corrected chi connectivity index (χ2v) is 10.1. The minimum atomic E-state index is -3.73. The van der Waals surface area contributed by atoms with Gasteiger partial charge in [-0.15, -0.1) is 0 Å². The molecule has 1 aliphatic heterocycles. The van der Waals surface area contributed by atoms with Crippen LogP contribution in [0.25, 0.3) is 10.9 Å². The fourth-order valence-electron chi connectivity index (χ4n) is 4.86. The summed E-state index contributed by atoms with van der Waals surface area (Å²) in [5, 5.41) is 0.926. The normalized spacial score (nSPS) is 23.0. The van der Waals surface area contributed by atoms with Crippen LogP contribution in [0.1, 0.15) is 36.9 Å². The molecule has 3 aromatic rings. The van der Waals surface area contributed by atoms with Crippen LogP contribution in [0.4, 0.5) is 0 Å². The summed E-state index contributed by atoms with van der Waals surface area (Å²) < 4.78 is 28.4. The minimum absolute atomic E-state index is 0.00156. The number of nitrogens with zero attached hydrogens (tertiary/aromatic N) is 2. The number of rotatable bonds is 5. The van der Waals surface area contributed by atoms with E-state index in [4.69, 9.17) is 0 Å². The van der Waals surface area contributed by atoms with E-state index < -0.39 is 10.0 Å². The Labute approximate surface area is 178 Å². The molecule has 0 saturated carbocycles. The Morgan fingerprint density at radius 1 is 1.10 bits per heavy atom. The molecule has 2 aromatic carbocycles. The van der Waals surface area contributed by atoms with E-state index in [2.05, 4.69) is 18.9 Å². The maximum atomic E-state index is 13.5. The predicted molar refractivity (Wildman–Crippen MR) is 119 cm³/mol. The first-order valence-electron chi connectivity index (χ1n) is 10.5. The van der Waals surface area contributed by atoms with Gasteiger partial charge in [-0.2, -0.15) is 0 Å². The quantitative estimate of drug-likeness (QED) is 0.570. The lowest BCUT2D eigenvalue weighted by molar-refractivity contribution is -0.115. The lowest BCUT2D eigenvalue weighted by Gasteiger charge is -2.42. The molecule has 5 nitrogen and oxygen atoms in total. The van der Waals surface area contributed by atoms with Crippen LogP contribution < -0.4 is 0 Å². The third kappa shape index (κ3) is 3.38. The molecule has 158 valence electrons. The van der Waals surface area contributed by atoms with Crippen LogP contribution in [0.2, 0.25) is 0 Å². The Bertz CT molecular complexity index is 1160. The van der Waals surface area contributed by atoms with Gasteiger partial charge in [-0.05, 0) is 56.6 Å². The van der Waals surface area contributed by atoms with E-state index in [1.807, 2.05) is 43.3 Å². The van der Waals surface area contributed by atoms with Crippen LogP contribution in [-0.2, 0) is 14.8 Å². The van der Waals surface area contributed by atoms with Crippen LogP contribution in [0.3, 0.4) is 0 Å². The molecular weight excluding hydrogens is 396 g/mol. The van der Waals surface area contributed by atoms with Crippen molar-refractivity contribution in [3.05, 3.63) is 65.9 Å². The first-order chi connectivity index (χ1) is 14.4. The Morgan fingerprint density at radius 3 is 2.47 bits per heavy atom. The average Bonchev–Trinajstić information content (AvgIpc) is 3.14. The number of hydrogen-bond donors (Lipinski definition) is 0. The molecule has 2 heterocycles. The number of aromatic nitrogens is 1. The summed E-state index contributed by atoms with van der Waals surface area (Å²) in [6, 6.07) is 14.6. The van der Waals surface area contributed by atoms with Gasteiger partial charge in [-0.1, -0.05) is 49.2 Å². The van der Waals surface area contributed by atoms with Crippen LogP contribution in [-0.4, -0.2) is 37.2 Å². The summed E-state index contributed by atoms with van der Waals surface area (Å²) in [6.45, 7) is 4.86. The van der Waals surface area contributed by atoms with Crippen molar-refractivity contribution in [2.45, 2.75) is 37.6 Å². The SMILES string of the molecule is CC[C@H]1[C@H](C=O)CCN(C)[C@@H]1c1cn(S(=O)(=O)c2ccc(C)cc2)c2ccccc12. The number of para-hydroxylation sites is 1. The molecule has 30 heavy (non-hydrogen) atoms. The standard InChI is InChI=1S/C24H28N2O3S/c1-4-20-18(16-27)13-14-25(3)24(20)22-15-26(23-8-6-5-7-21(22)23)30(28,29)19-11-9-17(2)10-12-19/h5-12,15-16,18,20,24H,4,13-14H2,1-3H3/t18-,20-,24-/m0/s1. The highest BCUT2D eigenvalue weighted by atomic mass is 32.2. The lowest BCUT2D eigenvalue weighted by atomic mass is 9.76. The maximum absolute atomic E-state index is 13.5. The molecule has 6 heteroatoms. The molecule has 4 rings (SSSR count). The molecule has 0 amide bonds. The summed E-state index contributed by atoms with van der Waals surface area (Å²) in [5.41, 5.74) is 2.66. The van der Waals surface area contributed by atoms with Gasteiger partial charge in [0, 0.05) is 23.5 Å². The van der Waals surface area contributed by atoms with E-state index in [1.54, 1.807) is 18.3 Å². The van der Waals surface area contributed by atoms with Crippen molar-refractivity contribution in [1.29, 1.82) is 0 Å². The Balaban J connectivity index is 1.91. The van der Waals surface area contributed by atoms with Gasteiger partial charge in [0.2, 0.25) is 0 Å². The number of aldehydes is 1. The highest BCUT2D eigenvalue weighted by Gasteiger charge is 2.38. The van der Waals surface area contributed by atoms with Crippen molar-refractivity contribution in [3.63, 3.8) is 0 Å². The van der Waals surface area contributed by atoms with E-state index >= 15 is 0 Å². The highest BCUT2D eigenvalue weighted by Crippen LogP contribution is 2.43. The summed E-state index contributed by atoms with van der Waals surface area (Å²) in [5.74, 6) is 0.148. The first-order valence-corrected chi connectivity index (χ1v) is 11.9. The van der Waals surface area contributed by atoms with E-state index in [1.165, 1.54) is 3.97 Å². The molecule has 1 aromatic heterocycles. The molecule has 0 unspecified atom stereocenters. The number of piperidine rings is 1. The third-order valence-electron chi connectivity index (χ3n) is 6.50. The number of carbonyl (C=O) groups excluding carboxylic acids is 1. The number of likely N-dealkylation sites (tertiary alicyclic amines) is 1. The molecule has 1 fully saturated rings. The summed E-state index contributed by atoms with van der Waals surface area (Å²) in [6.07, 6.45) is 4.56. The zero-order chi connectivity index (χ0) is 21.5. The van der Waals surface area contributed by atoms with Gasteiger partial charge in [0.25, 0.3) is 10.0 Å². The molecule has 0 N–H and O–H groups in total. The van der Waals surface area contributed by atoms with E-state index in [9.17, 15) is 13.2 Å². The maximum Gasteiger partial charge on any atom is 0.268 e. The zero-order valence-electron chi connectivity index (χ0n) is 17.7. The van der Waals surface area contributed by atoms with E-state index in [-0.39, 0.29) is 22.8 Å². The van der Waals surface area contributed by atoms with Gasteiger partial charge in [-0.25, -0.2) is 12.4 Å². The topological polar surface area (TPSA) is 59.4 Å². The molecule has 0 spiro atoms. The minimum Gasteiger partial charge on any atom is -0.303 e. The van der Waals surface area contributed by atoms with Gasteiger partial charge in [0.1, 0.15) is 6.29 Å². The van der Waals surface area contributed by atoms with Crippen LogP contribution in [0, 0.1) is 18.8 Å². The average molecular weight is 425 g/mol. The lowest BCUT2D eigenvalue weighted by Crippen LogP contribution is -2.41. The summed E-state index contributed by atoms with van der Waals surface area (Å²) in [4.78, 5) is 14.3. The highest BCUT2D eigenvalue weighted by molar-refractivity contribution is 7.90. The van der Waals surface area contributed by atoms with E-state index in [0.29, 0.717) is 5.52 Å². The fourth-order valence-corrected chi connectivity index (χ4v) is 6.24. The van der Waals surface area contributed by atoms with Gasteiger partial charge in [0.15, 0.2) is 0 Å². The fraction of sp³-hybridized carbons (Fsp3) is 0.375. The molecule has 0 radical (unpaired) electrons. The molecule has 3 atom stereocenters. The number of aryl methyl sites for hydroxylation is 1. The molecule has 0 bridgehead atoms. The first kappa shape index (κ1) is 20.8. The second-order valence-electron chi connectivity index (χ2n) is 8.30. The number of hydrogen-bond acceptors (Lipinski definition) is 4. The van der Waals surface area contributed by atoms with Crippen molar-refractivity contribution in [3.8, 4) is 0 Å². The van der Waals surface area contributed by atoms with Crippen LogP contribution in [0.5, 0.6) is 0 Å². The Morgan fingerprint density at radius 2 is 1.80 bits per heavy atom. The van der Waals surface area contributed by atoms with Gasteiger partial charge < -0.3 is 4.79 Å². The van der Waals surface area contributed by atoms with Crippen LogP contribution in [0.15, 0.2) is 59.6 Å². The molecule has 1 aliphatic rings. The number of benzene rings is 2. The third-order valence-corrected chi connectivity index (χ3v) is 8.18. The largest absolute Gasteiger partial charge is 0.303 e. The van der Waals surface area contributed by atoms with Gasteiger partial charge in [0.05, 0.1) is 10.4 Å². The monoisotopic (exact) mass is 424 g/mol. The van der Waals surface area contributed by atoms with Crippen molar-refractivity contribution in [2.75, 3.05) is 13.6 Å². The van der Waals surface area contributed by atoms with Gasteiger partial charge >= 0.3 is 0 Å². The zero-order valence-corrected chi connectivity index (χ0v) is 18.5. The molecule has 1 saturated heterocycles. The van der Waals surface area contributed by atoms with Crippen LogP contribution >= 0.6 is 0 Å². The Hall–Kier alpha value is -2.44. The smallest absolute Gasteiger partial charge is 0.268 e. The van der Waals surface area contributed by atoms with E-state index in [0.717, 1.165) is 42.2 Å². The van der Waals surface area contributed by atoms with Crippen molar-refractivity contribution < 1.29 is 13.2 Å². The number of carbonyl (C=O) groups is 1. The molecule has 0 aliphatic carbocycles.